The van der Waals surface area contributed by atoms with Gasteiger partial charge >= 0.3 is 5.97 Å². The highest BCUT2D eigenvalue weighted by molar-refractivity contribution is 5.88. The second-order valence-electron chi connectivity index (χ2n) is 1.80. The number of aromatic carboxylic acids is 1. The third kappa shape index (κ3) is 1.13. The Morgan fingerprint density at radius 2 is 2.40 bits per heavy atom. The molecule has 1 aromatic heterocycles. The van der Waals surface area contributed by atoms with Crippen LogP contribution in [0.15, 0.2) is 18.3 Å². The van der Waals surface area contributed by atoms with Crippen molar-refractivity contribution in [1.82, 2.24) is 4.98 Å². The summed E-state index contributed by atoms with van der Waals surface area (Å²) >= 11 is 0. The summed E-state index contributed by atoms with van der Waals surface area (Å²) in [5.41, 5.74) is 0.456. The van der Waals surface area contributed by atoms with Crippen LogP contribution in [0.1, 0.15) is 16.1 Å². The highest BCUT2D eigenvalue weighted by Crippen LogP contribution is 2.01. The van der Waals surface area contributed by atoms with Gasteiger partial charge in [0.05, 0.1) is 11.3 Å². The van der Waals surface area contributed by atoms with E-state index in [2.05, 4.69) is 11.9 Å². The van der Waals surface area contributed by atoms with Crippen LogP contribution in [0, 0.1) is 6.92 Å². The average Bonchev–Trinajstić information content (AvgIpc) is 1.88. The zero-order valence-electron chi connectivity index (χ0n) is 5.24. The van der Waals surface area contributed by atoms with E-state index in [0.717, 1.165) is 0 Å². The minimum Gasteiger partial charge on any atom is -0.478 e. The predicted octanol–water partition coefficient (Wildman–Crippen LogP) is 0.962. The fraction of sp³-hybridized carbons (Fsp3) is 0. The summed E-state index contributed by atoms with van der Waals surface area (Å²) in [7, 11) is 0. The van der Waals surface area contributed by atoms with E-state index in [4.69, 9.17) is 5.11 Å². The number of aromatic nitrogens is 1. The Bertz CT molecular complexity index is 258. The standard InChI is InChI=1S/C7H6NO2/c1-5-6(7(9)10)3-2-4-8-5/h2-4H,1H2,(H,9,10). The van der Waals surface area contributed by atoms with E-state index >= 15 is 0 Å². The van der Waals surface area contributed by atoms with E-state index in [1.165, 1.54) is 12.3 Å². The molecule has 0 unspecified atom stereocenters. The number of rotatable bonds is 1. The van der Waals surface area contributed by atoms with Gasteiger partial charge in [-0.25, -0.2) is 4.79 Å². The Morgan fingerprint density at radius 1 is 1.70 bits per heavy atom. The van der Waals surface area contributed by atoms with Crippen molar-refractivity contribution in [1.29, 1.82) is 0 Å². The summed E-state index contributed by atoms with van der Waals surface area (Å²) in [4.78, 5) is 14.1. The Labute approximate surface area is 58.3 Å². The lowest BCUT2D eigenvalue weighted by molar-refractivity contribution is 0.0696. The monoisotopic (exact) mass is 136 g/mol. The summed E-state index contributed by atoms with van der Waals surface area (Å²) in [5.74, 6) is -0.988. The molecule has 1 rings (SSSR count). The van der Waals surface area contributed by atoms with Crippen molar-refractivity contribution in [2.45, 2.75) is 0 Å². The van der Waals surface area contributed by atoms with E-state index < -0.39 is 5.97 Å². The third-order valence-electron chi connectivity index (χ3n) is 1.12. The second-order valence-corrected chi connectivity index (χ2v) is 1.80. The van der Waals surface area contributed by atoms with Crippen LogP contribution < -0.4 is 0 Å². The molecule has 0 spiro atoms. The molecule has 0 fully saturated rings. The first-order valence-electron chi connectivity index (χ1n) is 2.72. The van der Waals surface area contributed by atoms with Crippen molar-refractivity contribution < 1.29 is 9.90 Å². The Balaban J connectivity index is 3.15. The Morgan fingerprint density at radius 3 is 2.80 bits per heavy atom. The first-order valence-corrected chi connectivity index (χ1v) is 2.72. The molecular weight excluding hydrogens is 130 g/mol. The number of carboxylic acids is 1. The highest BCUT2D eigenvalue weighted by atomic mass is 16.4. The second kappa shape index (κ2) is 2.47. The van der Waals surface area contributed by atoms with E-state index in [9.17, 15) is 4.79 Å². The topological polar surface area (TPSA) is 50.2 Å². The van der Waals surface area contributed by atoms with Gasteiger partial charge in [-0.15, -0.1) is 0 Å². The molecule has 0 saturated carbocycles. The van der Waals surface area contributed by atoms with Crippen molar-refractivity contribution in [3.8, 4) is 0 Å². The molecule has 0 amide bonds. The van der Waals surface area contributed by atoms with Crippen molar-refractivity contribution in [2.24, 2.45) is 0 Å². The minimum atomic E-state index is -0.988. The maximum Gasteiger partial charge on any atom is 0.337 e. The fourth-order valence-electron chi connectivity index (χ4n) is 0.633. The van der Waals surface area contributed by atoms with Gasteiger partial charge in [0.1, 0.15) is 0 Å². The van der Waals surface area contributed by atoms with Crippen LogP contribution in [0.2, 0.25) is 0 Å². The molecule has 0 aliphatic heterocycles. The molecule has 3 heteroatoms. The van der Waals surface area contributed by atoms with Crippen LogP contribution in [-0.2, 0) is 0 Å². The van der Waals surface area contributed by atoms with E-state index in [1.54, 1.807) is 6.07 Å². The van der Waals surface area contributed by atoms with E-state index in [-0.39, 0.29) is 5.56 Å². The van der Waals surface area contributed by atoms with Crippen LogP contribution in [0.5, 0.6) is 0 Å². The number of carboxylic acid groups (broad SMARTS) is 1. The van der Waals surface area contributed by atoms with Crippen LogP contribution in [0.3, 0.4) is 0 Å². The number of pyridine rings is 1. The Kier molecular flexibility index (Phi) is 1.67. The van der Waals surface area contributed by atoms with Gasteiger partial charge in [-0.1, -0.05) is 0 Å². The lowest BCUT2D eigenvalue weighted by atomic mass is 10.2. The van der Waals surface area contributed by atoms with Crippen molar-refractivity contribution in [3.05, 3.63) is 36.5 Å². The quantitative estimate of drug-likeness (QED) is 0.625. The molecule has 1 aromatic rings. The molecule has 1 radical (unpaired) electrons. The molecule has 0 aromatic carbocycles. The minimum absolute atomic E-state index is 0.155. The molecule has 0 saturated heterocycles. The van der Waals surface area contributed by atoms with Gasteiger partial charge in [0.25, 0.3) is 0 Å². The first kappa shape index (κ1) is 6.74. The van der Waals surface area contributed by atoms with Gasteiger partial charge in [0.15, 0.2) is 0 Å². The highest BCUT2D eigenvalue weighted by Gasteiger charge is 2.04. The van der Waals surface area contributed by atoms with Crippen molar-refractivity contribution >= 4 is 5.97 Å². The summed E-state index contributed by atoms with van der Waals surface area (Å²) in [6.45, 7) is 3.45. The predicted molar refractivity (Wildman–Crippen MR) is 35.7 cm³/mol. The molecule has 10 heavy (non-hydrogen) atoms. The van der Waals surface area contributed by atoms with Crippen molar-refractivity contribution in [3.63, 3.8) is 0 Å². The van der Waals surface area contributed by atoms with E-state index in [0.29, 0.717) is 5.69 Å². The van der Waals surface area contributed by atoms with Gasteiger partial charge in [-0.3, -0.25) is 4.98 Å². The number of hydrogen-bond acceptors (Lipinski definition) is 2. The number of nitrogens with zero attached hydrogens (tertiary/aromatic N) is 1. The molecule has 0 aliphatic rings. The van der Waals surface area contributed by atoms with E-state index in [1.807, 2.05) is 0 Å². The zero-order valence-corrected chi connectivity index (χ0v) is 5.24. The van der Waals surface area contributed by atoms with Gasteiger partial charge in [-0.05, 0) is 19.1 Å². The summed E-state index contributed by atoms with van der Waals surface area (Å²) in [6, 6.07) is 3.04. The SMILES string of the molecule is [CH2]c1ncccc1C(=O)O. The smallest absolute Gasteiger partial charge is 0.337 e. The maximum absolute atomic E-state index is 10.3. The van der Waals surface area contributed by atoms with Gasteiger partial charge in [0.2, 0.25) is 0 Å². The summed E-state index contributed by atoms with van der Waals surface area (Å²) in [6.07, 6.45) is 1.51. The largest absolute Gasteiger partial charge is 0.478 e. The molecular formula is C7H6NO2. The van der Waals surface area contributed by atoms with Crippen LogP contribution in [-0.4, -0.2) is 16.1 Å². The lowest BCUT2D eigenvalue weighted by Gasteiger charge is -1.95. The molecule has 1 heterocycles. The van der Waals surface area contributed by atoms with Gasteiger partial charge < -0.3 is 5.11 Å². The van der Waals surface area contributed by atoms with Crippen molar-refractivity contribution in [2.75, 3.05) is 0 Å². The normalized spacial score (nSPS) is 9.30. The summed E-state index contributed by atoms with van der Waals surface area (Å²) in [5, 5.41) is 8.49. The third-order valence-corrected chi connectivity index (χ3v) is 1.12. The maximum atomic E-state index is 10.3. The zero-order chi connectivity index (χ0) is 7.56. The molecule has 3 nitrogen and oxygen atoms in total. The van der Waals surface area contributed by atoms with Gasteiger partial charge in [0, 0.05) is 6.20 Å². The summed E-state index contributed by atoms with van der Waals surface area (Å²) < 4.78 is 0. The molecule has 51 valence electrons. The number of carbonyl (C=O) groups is 1. The first-order chi connectivity index (χ1) is 4.72. The fourth-order valence-corrected chi connectivity index (χ4v) is 0.633. The van der Waals surface area contributed by atoms with Crippen LogP contribution in [0.4, 0.5) is 0 Å². The lowest BCUT2D eigenvalue weighted by Crippen LogP contribution is -2.00. The Hall–Kier alpha value is -1.38. The average molecular weight is 136 g/mol. The van der Waals surface area contributed by atoms with Crippen LogP contribution in [0.25, 0.3) is 0 Å². The van der Waals surface area contributed by atoms with Gasteiger partial charge in [-0.2, -0.15) is 0 Å². The molecule has 0 aliphatic carbocycles. The van der Waals surface area contributed by atoms with Crippen LogP contribution >= 0.6 is 0 Å². The molecule has 1 N–H and O–H groups in total. The molecule has 0 atom stereocenters. The number of hydrogen-bond donors (Lipinski definition) is 1. The molecule has 0 bridgehead atoms.